The van der Waals surface area contributed by atoms with Crippen molar-refractivity contribution in [1.82, 2.24) is 20.5 Å². The molecule has 0 radical (unpaired) electrons. The van der Waals surface area contributed by atoms with Gasteiger partial charge < -0.3 is 16.0 Å². The minimum atomic E-state index is 0.624. The molecule has 1 unspecified atom stereocenters. The molecule has 1 saturated heterocycles. The zero-order valence-electron chi connectivity index (χ0n) is 15.8. The highest BCUT2D eigenvalue weighted by atomic mass is 15.2. The Bertz CT molecular complexity index is 729. The molecule has 0 spiro atoms. The third kappa shape index (κ3) is 4.85. The van der Waals surface area contributed by atoms with E-state index >= 15 is 0 Å². The molecule has 1 atom stereocenters. The molecule has 1 aromatic heterocycles. The van der Waals surface area contributed by atoms with E-state index in [-0.39, 0.29) is 0 Å². The van der Waals surface area contributed by atoms with Crippen molar-refractivity contribution < 1.29 is 0 Å². The first-order valence-corrected chi connectivity index (χ1v) is 9.58. The van der Waals surface area contributed by atoms with Gasteiger partial charge in [-0.3, -0.25) is 9.89 Å². The molecule has 1 aromatic carbocycles. The van der Waals surface area contributed by atoms with Gasteiger partial charge in [0.15, 0.2) is 5.96 Å². The van der Waals surface area contributed by atoms with Crippen molar-refractivity contribution in [2.45, 2.75) is 25.8 Å². The van der Waals surface area contributed by atoms with E-state index in [1.54, 1.807) is 0 Å². The van der Waals surface area contributed by atoms with E-state index in [2.05, 4.69) is 49.9 Å². The van der Waals surface area contributed by atoms with Gasteiger partial charge in [0.25, 0.3) is 0 Å². The fourth-order valence-electron chi connectivity index (χ4n) is 3.51. The summed E-state index contributed by atoms with van der Waals surface area (Å²) < 4.78 is 0. The van der Waals surface area contributed by atoms with Crippen LogP contribution in [0, 0.1) is 0 Å². The standard InChI is InChI=1S/C20H30N6/c1-3-26-14-6-8-17(26)15-24-20(21-2)23-13-12-22-19-11-10-16-7-4-5-9-18(16)25-19/h4-5,7,9-11,17H,3,6,8,12-15H2,1-2H3,(H,22,25)(H2,21,23,24). The van der Waals surface area contributed by atoms with Crippen molar-refractivity contribution in [1.29, 1.82) is 0 Å². The monoisotopic (exact) mass is 354 g/mol. The summed E-state index contributed by atoms with van der Waals surface area (Å²) >= 11 is 0. The Kier molecular flexibility index (Phi) is 6.66. The van der Waals surface area contributed by atoms with Gasteiger partial charge in [0.05, 0.1) is 5.52 Å². The second-order valence-corrected chi connectivity index (χ2v) is 6.62. The molecule has 3 N–H and O–H groups in total. The number of hydrogen-bond acceptors (Lipinski definition) is 4. The van der Waals surface area contributed by atoms with E-state index in [1.807, 2.05) is 31.3 Å². The summed E-state index contributed by atoms with van der Waals surface area (Å²) in [4.78, 5) is 11.5. The minimum Gasteiger partial charge on any atom is -0.368 e. The smallest absolute Gasteiger partial charge is 0.191 e. The molecule has 3 rings (SSSR count). The second kappa shape index (κ2) is 9.38. The lowest BCUT2D eigenvalue weighted by Crippen LogP contribution is -2.45. The zero-order chi connectivity index (χ0) is 18.2. The Hall–Kier alpha value is -2.34. The lowest BCUT2D eigenvalue weighted by Gasteiger charge is -2.24. The van der Waals surface area contributed by atoms with Crippen LogP contribution < -0.4 is 16.0 Å². The summed E-state index contributed by atoms with van der Waals surface area (Å²) in [7, 11) is 1.82. The topological polar surface area (TPSA) is 64.6 Å². The number of anilines is 1. The zero-order valence-corrected chi connectivity index (χ0v) is 15.8. The molecule has 6 nitrogen and oxygen atoms in total. The predicted molar refractivity (Wildman–Crippen MR) is 110 cm³/mol. The summed E-state index contributed by atoms with van der Waals surface area (Å²) in [6.45, 7) is 7.11. The van der Waals surface area contributed by atoms with Crippen LogP contribution in [0.15, 0.2) is 41.4 Å². The van der Waals surface area contributed by atoms with Crippen molar-refractivity contribution in [3.63, 3.8) is 0 Å². The Morgan fingerprint density at radius 3 is 2.92 bits per heavy atom. The number of rotatable bonds is 7. The third-order valence-corrected chi connectivity index (χ3v) is 4.96. The highest BCUT2D eigenvalue weighted by Crippen LogP contribution is 2.15. The number of benzene rings is 1. The van der Waals surface area contributed by atoms with Gasteiger partial charge >= 0.3 is 0 Å². The van der Waals surface area contributed by atoms with Crippen molar-refractivity contribution in [3.8, 4) is 0 Å². The third-order valence-electron chi connectivity index (χ3n) is 4.96. The first-order valence-electron chi connectivity index (χ1n) is 9.58. The number of pyridine rings is 1. The highest BCUT2D eigenvalue weighted by Gasteiger charge is 2.22. The quantitative estimate of drug-likeness (QED) is 0.404. The van der Waals surface area contributed by atoms with Crippen LogP contribution in [0.5, 0.6) is 0 Å². The highest BCUT2D eigenvalue weighted by molar-refractivity contribution is 5.80. The molecule has 1 aliphatic rings. The largest absolute Gasteiger partial charge is 0.368 e. The molecule has 0 bridgehead atoms. The molecular formula is C20H30N6. The van der Waals surface area contributed by atoms with Gasteiger partial charge in [-0.15, -0.1) is 0 Å². The number of para-hydroxylation sites is 1. The van der Waals surface area contributed by atoms with Gasteiger partial charge in [-0.05, 0) is 44.1 Å². The molecule has 0 amide bonds. The normalized spacial score (nSPS) is 18.2. The number of fused-ring (bicyclic) bond motifs is 1. The summed E-state index contributed by atoms with van der Waals surface area (Å²) in [5.41, 5.74) is 1.01. The summed E-state index contributed by atoms with van der Waals surface area (Å²) in [5.74, 6) is 1.76. The van der Waals surface area contributed by atoms with Gasteiger partial charge in [-0.2, -0.15) is 0 Å². The van der Waals surface area contributed by atoms with Gasteiger partial charge in [-0.25, -0.2) is 4.98 Å². The van der Waals surface area contributed by atoms with Crippen LogP contribution in [0.25, 0.3) is 10.9 Å². The Labute approximate surface area is 156 Å². The maximum atomic E-state index is 4.63. The summed E-state index contributed by atoms with van der Waals surface area (Å²) in [6, 6.07) is 12.9. The molecule has 0 aliphatic carbocycles. The first kappa shape index (κ1) is 18.5. The van der Waals surface area contributed by atoms with E-state index in [0.29, 0.717) is 6.04 Å². The molecule has 26 heavy (non-hydrogen) atoms. The molecule has 2 aromatic rings. The number of likely N-dealkylation sites (tertiary alicyclic amines) is 1. The maximum Gasteiger partial charge on any atom is 0.191 e. The molecule has 1 fully saturated rings. The van der Waals surface area contributed by atoms with Crippen LogP contribution in [0.3, 0.4) is 0 Å². The SMILES string of the molecule is CCN1CCCC1CNC(=NC)NCCNc1ccc2ccccc2n1. The number of nitrogens with one attached hydrogen (secondary N) is 3. The van der Waals surface area contributed by atoms with Crippen LogP contribution in [0.4, 0.5) is 5.82 Å². The number of likely N-dealkylation sites (N-methyl/N-ethyl adjacent to an activating group) is 1. The minimum absolute atomic E-state index is 0.624. The number of guanidine groups is 1. The maximum absolute atomic E-state index is 4.63. The van der Waals surface area contributed by atoms with Crippen LogP contribution in [-0.2, 0) is 0 Å². The average Bonchev–Trinajstić information content (AvgIpc) is 3.15. The van der Waals surface area contributed by atoms with Gasteiger partial charge in [0, 0.05) is 38.1 Å². The van der Waals surface area contributed by atoms with Crippen LogP contribution in [-0.4, -0.2) is 61.7 Å². The van der Waals surface area contributed by atoms with Crippen molar-refractivity contribution >= 4 is 22.7 Å². The first-order chi connectivity index (χ1) is 12.8. The fraction of sp³-hybridized carbons (Fsp3) is 0.500. The Balaban J connectivity index is 1.40. The van der Waals surface area contributed by atoms with Gasteiger partial charge in [0.2, 0.25) is 0 Å². The Morgan fingerprint density at radius 2 is 2.08 bits per heavy atom. The second-order valence-electron chi connectivity index (χ2n) is 6.62. The van der Waals surface area contributed by atoms with Crippen LogP contribution in [0.2, 0.25) is 0 Å². The molecule has 6 heteroatoms. The van der Waals surface area contributed by atoms with Gasteiger partial charge in [-0.1, -0.05) is 25.1 Å². The average molecular weight is 355 g/mol. The number of nitrogens with zero attached hydrogens (tertiary/aromatic N) is 3. The predicted octanol–water partition coefficient (Wildman–Crippen LogP) is 2.30. The number of aliphatic imine (C=N–C) groups is 1. The van der Waals surface area contributed by atoms with E-state index < -0.39 is 0 Å². The van der Waals surface area contributed by atoms with E-state index in [4.69, 9.17) is 0 Å². The molecular weight excluding hydrogens is 324 g/mol. The van der Waals surface area contributed by atoms with Crippen LogP contribution in [0.1, 0.15) is 19.8 Å². The molecule has 1 aliphatic heterocycles. The van der Waals surface area contributed by atoms with Crippen molar-refractivity contribution in [3.05, 3.63) is 36.4 Å². The molecule has 0 saturated carbocycles. The molecule has 2 heterocycles. The van der Waals surface area contributed by atoms with Crippen LogP contribution >= 0.6 is 0 Å². The lowest BCUT2D eigenvalue weighted by molar-refractivity contribution is 0.267. The Morgan fingerprint density at radius 1 is 1.19 bits per heavy atom. The summed E-state index contributed by atoms with van der Waals surface area (Å²) in [5, 5.41) is 11.3. The summed E-state index contributed by atoms with van der Waals surface area (Å²) in [6.07, 6.45) is 2.57. The van der Waals surface area contributed by atoms with E-state index in [1.165, 1.54) is 19.4 Å². The van der Waals surface area contributed by atoms with Crippen molar-refractivity contribution in [2.24, 2.45) is 4.99 Å². The van der Waals surface area contributed by atoms with Crippen molar-refractivity contribution in [2.75, 3.05) is 45.1 Å². The fourth-order valence-corrected chi connectivity index (χ4v) is 3.51. The molecule has 140 valence electrons. The van der Waals surface area contributed by atoms with E-state index in [9.17, 15) is 0 Å². The number of aromatic nitrogens is 1. The lowest BCUT2D eigenvalue weighted by atomic mass is 10.2. The van der Waals surface area contributed by atoms with E-state index in [0.717, 1.165) is 48.9 Å². The van der Waals surface area contributed by atoms with Gasteiger partial charge in [0.1, 0.15) is 5.82 Å². The number of hydrogen-bond donors (Lipinski definition) is 3.